The maximum atomic E-state index is 12.8. The van der Waals surface area contributed by atoms with Crippen molar-refractivity contribution in [1.82, 2.24) is 5.32 Å². The number of alkyl halides is 3. The summed E-state index contributed by atoms with van der Waals surface area (Å²) in [7, 11) is 0. The predicted octanol–water partition coefficient (Wildman–Crippen LogP) is 3.69. The number of anilines is 1. The molecule has 2 atom stereocenters. The molecule has 0 spiro atoms. The highest BCUT2D eigenvalue weighted by atomic mass is 19.4. The Labute approximate surface area is 133 Å². The zero-order valence-electron chi connectivity index (χ0n) is 12.9. The lowest BCUT2D eigenvalue weighted by Gasteiger charge is -2.26. The van der Waals surface area contributed by atoms with Gasteiger partial charge in [0.1, 0.15) is 0 Å². The third kappa shape index (κ3) is 4.86. The summed E-state index contributed by atoms with van der Waals surface area (Å²) in [5, 5.41) is 14.7. The number of nitrogens with one attached hydrogen (secondary N) is 2. The van der Waals surface area contributed by atoms with E-state index >= 15 is 0 Å². The molecule has 2 amide bonds. The molecule has 1 aliphatic carbocycles. The molecule has 2 rings (SSSR count). The summed E-state index contributed by atoms with van der Waals surface area (Å²) in [5.41, 5.74) is -0.630. The van der Waals surface area contributed by atoms with E-state index in [1.165, 1.54) is 19.1 Å². The molecule has 0 heterocycles. The van der Waals surface area contributed by atoms with E-state index < -0.39 is 17.8 Å². The summed E-state index contributed by atoms with van der Waals surface area (Å²) in [4.78, 5) is 11.9. The third-order valence-electron chi connectivity index (χ3n) is 4.19. The molecule has 128 valence electrons. The first kappa shape index (κ1) is 17.6. The van der Waals surface area contributed by atoms with Gasteiger partial charge < -0.3 is 15.7 Å². The highest BCUT2D eigenvalue weighted by Gasteiger charge is 2.33. The molecule has 23 heavy (non-hydrogen) atoms. The average molecular weight is 330 g/mol. The van der Waals surface area contributed by atoms with Crippen molar-refractivity contribution < 1.29 is 23.1 Å². The van der Waals surface area contributed by atoms with Gasteiger partial charge in [0.25, 0.3) is 0 Å². The van der Waals surface area contributed by atoms with Gasteiger partial charge in [-0.15, -0.1) is 0 Å². The Kier molecular flexibility index (Phi) is 5.51. The van der Waals surface area contributed by atoms with Gasteiger partial charge in [-0.2, -0.15) is 13.2 Å². The van der Waals surface area contributed by atoms with Crippen molar-refractivity contribution in [1.29, 1.82) is 0 Å². The fourth-order valence-corrected chi connectivity index (χ4v) is 2.93. The Morgan fingerprint density at radius 3 is 2.74 bits per heavy atom. The minimum Gasteiger partial charge on any atom is -0.393 e. The molecule has 0 aromatic heterocycles. The largest absolute Gasteiger partial charge is 0.416 e. The minimum absolute atomic E-state index is 0.0109. The van der Waals surface area contributed by atoms with E-state index in [1.54, 1.807) is 0 Å². The first-order valence-electron chi connectivity index (χ1n) is 7.67. The number of amides is 2. The topological polar surface area (TPSA) is 61.4 Å². The monoisotopic (exact) mass is 330 g/mol. The zero-order chi connectivity index (χ0) is 17.0. The fraction of sp³-hybridized carbons (Fsp3) is 0.562. The van der Waals surface area contributed by atoms with E-state index in [0.29, 0.717) is 13.0 Å². The predicted molar refractivity (Wildman–Crippen MR) is 81.2 cm³/mol. The molecule has 1 aromatic carbocycles. The van der Waals surface area contributed by atoms with Crippen molar-refractivity contribution in [2.45, 2.75) is 44.9 Å². The number of hydrogen-bond acceptors (Lipinski definition) is 2. The van der Waals surface area contributed by atoms with Crippen molar-refractivity contribution in [2.75, 3.05) is 11.9 Å². The molecular formula is C16H21F3N2O2. The number of benzene rings is 1. The lowest BCUT2D eigenvalue weighted by molar-refractivity contribution is -0.138. The van der Waals surface area contributed by atoms with Gasteiger partial charge in [-0.1, -0.05) is 12.5 Å². The number of aliphatic hydroxyl groups excluding tert-OH is 1. The Bertz CT molecular complexity index is 561. The number of hydrogen-bond donors (Lipinski definition) is 3. The van der Waals surface area contributed by atoms with Crippen LogP contribution in [0, 0.1) is 12.8 Å². The second-order valence-electron chi connectivity index (χ2n) is 6.00. The van der Waals surface area contributed by atoms with Crippen LogP contribution < -0.4 is 10.6 Å². The maximum Gasteiger partial charge on any atom is 0.416 e. The molecule has 3 N–H and O–H groups in total. The van der Waals surface area contributed by atoms with Crippen molar-refractivity contribution in [2.24, 2.45) is 5.92 Å². The Morgan fingerprint density at radius 2 is 2.09 bits per heavy atom. The van der Waals surface area contributed by atoms with Gasteiger partial charge in [0, 0.05) is 12.2 Å². The van der Waals surface area contributed by atoms with Gasteiger partial charge in [-0.3, -0.25) is 0 Å². The number of carbonyl (C=O) groups is 1. The second kappa shape index (κ2) is 7.21. The SMILES string of the molecule is Cc1c(NC(=O)NCC2CCCC(O)C2)cccc1C(F)(F)F. The first-order valence-corrected chi connectivity index (χ1v) is 7.67. The Hall–Kier alpha value is -1.76. The quantitative estimate of drug-likeness (QED) is 0.791. The van der Waals surface area contributed by atoms with E-state index in [4.69, 9.17) is 0 Å². The molecule has 0 aliphatic heterocycles. The summed E-state index contributed by atoms with van der Waals surface area (Å²) < 4.78 is 38.5. The third-order valence-corrected chi connectivity index (χ3v) is 4.19. The van der Waals surface area contributed by atoms with Crippen LogP contribution in [0.3, 0.4) is 0 Å². The fourth-order valence-electron chi connectivity index (χ4n) is 2.93. The van der Waals surface area contributed by atoms with Crippen molar-refractivity contribution >= 4 is 11.7 Å². The summed E-state index contributed by atoms with van der Waals surface area (Å²) in [6.45, 7) is 1.73. The van der Waals surface area contributed by atoms with Crippen molar-refractivity contribution in [3.05, 3.63) is 29.3 Å². The van der Waals surface area contributed by atoms with Gasteiger partial charge in [-0.05, 0) is 49.8 Å². The minimum atomic E-state index is -4.45. The van der Waals surface area contributed by atoms with Crippen LogP contribution in [0.25, 0.3) is 0 Å². The number of halogens is 3. The average Bonchev–Trinajstić information content (AvgIpc) is 2.46. The van der Waals surface area contributed by atoms with Crippen molar-refractivity contribution in [3.8, 4) is 0 Å². The molecule has 1 aromatic rings. The number of aliphatic hydroxyl groups is 1. The van der Waals surface area contributed by atoms with Crippen LogP contribution in [0.4, 0.5) is 23.7 Å². The molecule has 0 saturated heterocycles. The summed E-state index contributed by atoms with van der Waals surface area (Å²) in [5.74, 6) is 0.201. The molecule has 1 aliphatic rings. The normalized spacial score (nSPS) is 21.8. The molecule has 4 nitrogen and oxygen atoms in total. The van der Waals surface area contributed by atoms with E-state index in [0.717, 1.165) is 25.3 Å². The van der Waals surface area contributed by atoms with Gasteiger partial charge in [0.05, 0.1) is 11.7 Å². The van der Waals surface area contributed by atoms with Gasteiger partial charge in [-0.25, -0.2) is 4.79 Å². The van der Waals surface area contributed by atoms with Crippen LogP contribution in [0.1, 0.15) is 36.8 Å². The highest BCUT2D eigenvalue weighted by molar-refractivity contribution is 5.90. The van der Waals surface area contributed by atoms with Crippen LogP contribution in [0.5, 0.6) is 0 Å². The zero-order valence-corrected chi connectivity index (χ0v) is 12.9. The van der Waals surface area contributed by atoms with Crippen LogP contribution in [0.2, 0.25) is 0 Å². The molecule has 0 bridgehead atoms. The van der Waals surface area contributed by atoms with Gasteiger partial charge in [0.2, 0.25) is 0 Å². The van der Waals surface area contributed by atoms with E-state index in [1.807, 2.05) is 0 Å². The molecule has 1 fully saturated rings. The summed E-state index contributed by atoms with van der Waals surface area (Å²) in [6, 6.07) is 3.16. The number of carbonyl (C=O) groups excluding carboxylic acids is 1. The number of rotatable bonds is 3. The van der Waals surface area contributed by atoms with Crippen LogP contribution in [-0.2, 0) is 6.18 Å². The summed E-state index contributed by atoms with van der Waals surface area (Å²) in [6.07, 6.45) is -1.50. The maximum absolute atomic E-state index is 12.8. The Morgan fingerprint density at radius 1 is 1.35 bits per heavy atom. The highest BCUT2D eigenvalue weighted by Crippen LogP contribution is 2.34. The van der Waals surface area contributed by atoms with Gasteiger partial charge >= 0.3 is 12.2 Å². The smallest absolute Gasteiger partial charge is 0.393 e. The van der Waals surface area contributed by atoms with E-state index in [-0.39, 0.29) is 23.3 Å². The number of urea groups is 1. The standard InChI is InChI=1S/C16H21F3N2O2/c1-10-13(16(17,18)19)6-3-7-14(10)21-15(23)20-9-11-4-2-5-12(22)8-11/h3,6-7,11-12,22H,2,4-5,8-9H2,1H3,(H2,20,21,23). The lowest BCUT2D eigenvalue weighted by Crippen LogP contribution is -2.35. The van der Waals surface area contributed by atoms with Crippen LogP contribution >= 0.6 is 0 Å². The first-order chi connectivity index (χ1) is 10.8. The molecular weight excluding hydrogens is 309 g/mol. The van der Waals surface area contributed by atoms with Crippen LogP contribution in [0.15, 0.2) is 18.2 Å². The van der Waals surface area contributed by atoms with Crippen molar-refractivity contribution in [3.63, 3.8) is 0 Å². The van der Waals surface area contributed by atoms with E-state index in [9.17, 15) is 23.1 Å². The van der Waals surface area contributed by atoms with Gasteiger partial charge in [0.15, 0.2) is 0 Å². The molecule has 1 saturated carbocycles. The summed E-state index contributed by atoms with van der Waals surface area (Å²) >= 11 is 0. The van der Waals surface area contributed by atoms with Crippen LogP contribution in [-0.4, -0.2) is 23.8 Å². The van der Waals surface area contributed by atoms with E-state index in [2.05, 4.69) is 10.6 Å². The molecule has 0 radical (unpaired) electrons. The molecule has 2 unspecified atom stereocenters. The molecule has 7 heteroatoms. The lowest BCUT2D eigenvalue weighted by atomic mass is 9.87. The Balaban J connectivity index is 1.93. The second-order valence-corrected chi connectivity index (χ2v) is 6.00.